The van der Waals surface area contributed by atoms with Crippen molar-refractivity contribution >= 4 is 47.2 Å². The molecule has 1 aliphatic rings. The number of nitrogens with one attached hydrogen (secondary N) is 3. The number of aliphatic carboxylic acids is 1. The second kappa shape index (κ2) is 16.1. The summed E-state index contributed by atoms with van der Waals surface area (Å²) in [5, 5.41) is 15.7. The van der Waals surface area contributed by atoms with Gasteiger partial charge in [0.25, 0.3) is 0 Å². The molecule has 0 radical (unpaired) electrons. The van der Waals surface area contributed by atoms with E-state index in [1.807, 2.05) is 5.32 Å². The van der Waals surface area contributed by atoms with E-state index in [-0.39, 0.29) is 30.6 Å². The van der Waals surface area contributed by atoms with E-state index >= 15 is 8.78 Å². The van der Waals surface area contributed by atoms with Crippen LogP contribution < -0.4 is 21.7 Å². The summed E-state index contributed by atoms with van der Waals surface area (Å²) in [6, 6.07) is 8.11. The van der Waals surface area contributed by atoms with E-state index in [0.29, 0.717) is 12.0 Å². The zero-order valence-electron chi connectivity index (χ0n) is 27.2. The van der Waals surface area contributed by atoms with E-state index < -0.39 is 84.0 Å². The number of rotatable bonds is 14. The molecule has 0 aromatic heterocycles. The lowest BCUT2D eigenvalue weighted by atomic mass is 9.97. The molecular weight excluding hydrogens is 648 g/mol. The van der Waals surface area contributed by atoms with Gasteiger partial charge in [0.15, 0.2) is 0 Å². The van der Waals surface area contributed by atoms with Crippen LogP contribution >= 0.6 is 0 Å². The first-order chi connectivity index (χ1) is 22.9. The molecule has 5 amide bonds. The number of Topliss-reactive ketones (excluding diaryl/α,β-unsaturated/α-hetero) is 1. The smallest absolute Gasteiger partial charge is 0.408 e. The predicted octanol–water partition coefficient (Wildman–Crippen LogP) is 2.41. The van der Waals surface area contributed by atoms with Crippen LogP contribution in [-0.4, -0.2) is 87.7 Å². The number of alkyl carbamates (subject to hydrolysis) is 1. The molecule has 2 aromatic carbocycles. The Morgan fingerprint density at radius 1 is 0.980 bits per heavy atom. The Labute approximate surface area is 280 Å². The summed E-state index contributed by atoms with van der Waals surface area (Å²) in [5.41, 5.74) is 4.34. The van der Waals surface area contributed by atoms with Gasteiger partial charge >= 0.3 is 23.9 Å². The van der Waals surface area contributed by atoms with Crippen LogP contribution in [0.15, 0.2) is 54.6 Å². The molecule has 1 saturated heterocycles. The van der Waals surface area contributed by atoms with E-state index in [1.54, 1.807) is 39.0 Å². The van der Waals surface area contributed by atoms with Crippen molar-refractivity contribution in [2.75, 3.05) is 11.9 Å². The summed E-state index contributed by atoms with van der Waals surface area (Å²) in [5.74, 6) is -12.5. The lowest BCUT2D eigenvalue weighted by Gasteiger charge is -2.30. The number of hydrogen-bond acceptors (Lipinski definition) is 8. The van der Waals surface area contributed by atoms with Gasteiger partial charge in [-0.25, -0.2) is 4.79 Å². The molecule has 16 heteroatoms. The largest absolute Gasteiger partial charge is 0.481 e. The maximum absolute atomic E-state index is 15.5. The van der Waals surface area contributed by atoms with Crippen molar-refractivity contribution in [3.8, 4) is 0 Å². The average molecular weight is 688 g/mol. The Morgan fingerprint density at radius 2 is 1.65 bits per heavy atom. The first-order valence-corrected chi connectivity index (χ1v) is 15.4. The van der Waals surface area contributed by atoms with Crippen molar-refractivity contribution in [2.45, 2.75) is 82.5 Å². The monoisotopic (exact) mass is 687 g/mol. The number of carbonyl (C=O) groups is 7. The summed E-state index contributed by atoms with van der Waals surface area (Å²) in [7, 11) is 0. The number of amides is 5. The number of carboxylic acids is 1. The normalized spacial score (nSPS) is 15.8. The highest BCUT2D eigenvalue weighted by Crippen LogP contribution is 2.24. The van der Waals surface area contributed by atoms with Gasteiger partial charge in [-0.2, -0.15) is 8.78 Å². The zero-order valence-corrected chi connectivity index (χ0v) is 27.2. The van der Waals surface area contributed by atoms with Gasteiger partial charge in [0.05, 0.1) is 6.04 Å². The van der Waals surface area contributed by atoms with Crippen LogP contribution in [0.2, 0.25) is 0 Å². The molecule has 264 valence electrons. The Kier molecular flexibility index (Phi) is 12.5. The number of ketones is 1. The Bertz CT molecular complexity index is 1580. The van der Waals surface area contributed by atoms with Crippen LogP contribution in [-0.2, 0) is 35.1 Å². The quantitative estimate of drug-likeness (QED) is 0.184. The third kappa shape index (κ3) is 10.8. The first-order valence-electron chi connectivity index (χ1n) is 15.4. The van der Waals surface area contributed by atoms with Crippen LogP contribution in [0.5, 0.6) is 0 Å². The highest BCUT2D eigenvalue weighted by molar-refractivity contribution is 6.15. The fourth-order valence-electron chi connectivity index (χ4n) is 5.10. The van der Waals surface area contributed by atoms with Crippen LogP contribution in [0.3, 0.4) is 0 Å². The number of nitrogens with two attached hydrogens (primary N) is 1. The molecule has 1 fully saturated rings. The minimum atomic E-state index is -4.67. The highest BCUT2D eigenvalue weighted by Gasteiger charge is 2.51. The average Bonchev–Trinajstić information content (AvgIpc) is 3.52. The van der Waals surface area contributed by atoms with Crippen LogP contribution in [0.4, 0.5) is 19.3 Å². The van der Waals surface area contributed by atoms with Crippen LogP contribution in [0, 0.1) is 0 Å². The van der Waals surface area contributed by atoms with E-state index in [2.05, 4.69) is 10.6 Å². The van der Waals surface area contributed by atoms with Crippen molar-refractivity contribution < 1.29 is 52.2 Å². The summed E-state index contributed by atoms with van der Waals surface area (Å²) in [6.45, 7) is 4.77. The maximum Gasteiger partial charge on any atom is 0.408 e. The van der Waals surface area contributed by atoms with E-state index in [9.17, 15) is 38.7 Å². The molecule has 3 rings (SSSR count). The number of ether oxygens (including phenoxy) is 1. The molecule has 6 N–H and O–H groups in total. The molecule has 2 aromatic rings. The molecule has 1 heterocycles. The van der Waals surface area contributed by atoms with E-state index in [4.69, 9.17) is 10.5 Å². The Hall–Kier alpha value is -5.41. The fraction of sp³-hybridized carbons (Fsp3) is 0.424. The molecule has 0 aliphatic carbocycles. The summed E-state index contributed by atoms with van der Waals surface area (Å²) >= 11 is 0. The van der Waals surface area contributed by atoms with Crippen LogP contribution in [0.1, 0.15) is 62.4 Å². The van der Waals surface area contributed by atoms with Gasteiger partial charge in [0.1, 0.15) is 17.7 Å². The van der Waals surface area contributed by atoms with Crippen molar-refractivity contribution in [2.24, 2.45) is 5.73 Å². The number of halogens is 2. The molecule has 1 aliphatic heterocycles. The number of alkyl halides is 2. The lowest BCUT2D eigenvalue weighted by molar-refractivity contribution is -0.157. The van der Waals surface area contributed by atoms with Gasteiger partial charge in [0, 0.05) is 30.6 Å². The van der Waals surface area contributed by atoms with E-state index in [0.717, 1.165) is 11.0 Å². The van der Waals surface area contributed by atoms with Crippen LogP contribution in [0.25, 0.3) is 0 Å². The van der Waals surface area contributed by atoms with Crippen molar-refractivity contribution in [3.05, 3.63) is 65.7 Å². The van der Waals surface area contributed by atoms with Gasteiger partial charge in [-0.15, -0.1) is 0 Å². The number of carboxylic acid groups (broad SMARTS) is 1. The van der Waals surface area contributed by atoms with Gasteiger partial charge in [-0.1, -0.05) is 36.4 Å². The van der Waals surface area contributed by atoms with Crippen molar-refractivity contribution in [3.63, 3.8) is 0 Å². The van der Waals surface area contributed by atoms with Gasteiger partial charge in [-0.05, 0) is 63.8 Å². The molecule has 3 atom stereocenters. The second-order valence-corrected chi connectivity index (χ2v) is 12.4. The van der Waals surface area contributed by atoms with Gasteiger partial charge < -0.3 is 36.4 Å². The minimum absolute atomic E-state index is 0.0106. The number of anilines is 1. The second-order valence-electron chi connectivity index (χ2n) is 12.4. The maximum atomic E-state index is 15.5. The summed E-state index contributed by atoms with van der Waals surface area (Å²) in [4.78, 5) is 89.5. The number of carbonyl (C=O) groups excluding carboxylic acids is 6. The third-order valence-electron chi connectivity index (χ3n) is 7.39. The van der Waals surface area contributed by atoms with Crippen molar-refractivity contribution in [1.29, 1.82) is 0 Å². The molecular formula is C33H39F2N5O9. The Balaban J connectivity index is 1.84. The van der Waals surface area contributed by atoms with Gasteiger partial charge in [0.2, 0.25) is 23.5 Å². The molecule has 0 bridgehead atoms. The lowest BCUT2D eigenvalue weighted by Crippen LogP contribution is -2.58. The molecule has 49 heavy (non-hydrogen) atoms. The number of primary amides is 1. The van der Waals surface area contributed by atoms with E-state index in [1.165, 1.54) is 30.3 Å². The molecule has 0 spiro atoms. The number of benzene rings is 2. The third-order valence-corrected chi connectivity index (χ3v) is 7.39. The number of nitrogens with zero attached hydrogens (tertiary/aromatic N) is 1. The SMILES string of the molecule is CC(C)(C)OC(=O)NC(CCC(=O)O)C(=O)N1CCC[C@H]1C(=O)NC(Cc1ccccc1)C(=O)C(F)(F)C(=O)Nc1cccc(C(N)=O)c1. The highest BCUT2D eigenvalue weighted by atomic mass is 19.3. The Morgan fingerprint density at radius 3 is 2.27 bits per heavy atom. The summed E-state index contributed by atoms with van der Waals surface area (Å²) < 4.78 is 36.1. The minimum Gasteiger partial charge on any atom is -0.481 e. The number of hydrogen-bond donors (Lipinski definition) is 5. The summed E-state index contributed by atoms with van der Waals surface area (Å²) in [6.07, 6.45) is -1.91. The molecule has 2 unspecified atom stereocenters. The van der Waals surface area contributed by atoms with Crippen molar-refractivity contribution in [1.82, 2.24) is 15.5 Å². The fourth-order valence-corrected chi connectivity index (χ4v) is 5.10. The van der Waals surface area contributed by atoms with Gasteiger partial charge in [-0.3, -0.25) is 28.8 Å². The zero-order chi connectivity index (χ0) is 36.5. The topological polar surface area (TPSA) is 214 Å². The first kappa shape index (κ1) is 38.0. The molecule has 0 saturated carbocycles. The predicted molar refractivity (Wildman–Crippen MR) is 170 cm³/mol. The molecule has 14 nitrogen and oxygen atoms in total. The number of likely N-dealkylation sites (tertiary alicyclic amines) is 1. The standard InChI is InChI=1S/C33H39F2N5O9/c1-32(2,3)49-31(48)39-22(14-15-25(41)42)29(46)40-16-8-13-24(40)28(45)38-23(17-19-9-5-4-6-10-19)26(43)33(34,35)30(47)37-21-12-7-11-20(18-21)27(36)44/h4-7,9-12,18,22-24H,8,13-17H2,1-3H3,(H2,36,44)(H,37,47)(H,38,45)(H,39,48)(H,41,42)/t22?,23?,24-/m0/s1.